The van der Waals surface area contributed by atoms with Crippen molar-refractivity contribution in [3.63, 3.8) is 0 Å². The molecule has 2 saturated heterocycles. The van der Waals surface area contributed by atoms with Crippen molar-refractivity contribution in [3.05, 3.63) is 0 Å². The highest BCUT2D eigenvalue weighted by molar-refractivity contribution is 5.78. The first-order valence-electron chi connectivity index (χ1n) is 16.5. The zero-order valence-corrected chi connectivity index (χ0v) is 30.9. The Labute approximate surface area is 306 Å². The maximum Gasteiger partial charge on any atom is 0.410 e. The first kappa shape index (κ1) is 52.6. The van der Waals surface area contributed by atoms with Crippen molar-refractivity contribution in [2.45, 2.75) is 67.6 Å². The molecule has 3 amide bonds. The smallest absolute Gasteiger partial charge is 0.410 e. The first-order valence-corrected chi connectivity index (χ1v) is 16.5. The van der Waals surface area contributed by atoms with Gasteiger partial charge in [-0.3, -0.25) is 4.79 Å². The third-order valence-corrected chi connectivity index (χ3v) is 6.11. The molecule has 0 bridgehead atoms. The van der Waals surface area contributed by atoms with Crippen LogP contribution in [0.2, 0.25) is 0 Å². The number of carbonyl (C=O) groups excluding carboxylic acids is 3. The maximum atomic E-state index is 12.0. The van der Waals surface area contributed by atoms with Crippen LogP contribution in [0.3, 0.4) is 0 Å². The zero-order chi connectivity index (χ0) is 37.1. The number of carboxylic acid groups (broad SMARTS) is 1. The molecule has 0 spiro atoms. The zero-order valence-electron chi connectivity index (χ0n) is 30.9. The van der Waals surface area contributed by atoms with Gasteiger partial charge >= 0.3 is 18.2 Å². The summed E-state index contributed by atoms with van der Waals surface area (Å²) in [5, 5.41) is 11.4. The Balaban J connectivity index is -0.000000726. The fraction of sp³-hybridized carbons (Fsp3) is 0.882. The standard InChI is InChI=1S/C16H30N2O6.C9H18N2O2.C7H14O5.2CH4/c1-16(2,3)24-15(20)18-7-5-17(6-8-18)14(19)13-23-12-11-22-10-9-21-4;1-9(2,3)13-8(12)11-6-4-10-5-7-11;1-10-2-3-11-4-5-12-6-7(8)9;;/h5-13H2,1-4H3;10H,4-7H2,1-3H3;2-6H2,1H3,(H,8,9);2*1H4. The normalized spacial score (nSPS) is 14.4. The average molecular weight is 743 g/mol. The SMILES string of the molecule is C.C.CC(C)(C)OC(=O)N1CCNCC1.COCCOCCOCC(=O)N1CCN(C(=O)OC(C)(C)C)CC1.COCCOCCOCC(=O)O. The molecule has 0 radical (unpaired) electrons. The lowest BCUT2D eigenvalue weighted by atomic mass is 10.2. The molecular formula is C34H70N4O13. The summed E-state index contributed by atoms with van der Waals surface area (Å²) in [5.74, 6) is -1.04. The van der Waals surface area contributed by atoms with E-state index in [1.54, 1.807) is 28.9 Å². The minimum absolute atomic E-state index is 0. The highest BCUT2D eigenvalue weighted by atomic mass is 16.6. The molecule has 0 atom stereocenters. The van der Waals surface area contributed by atoms with E-state index in [9.17, 15) is 19.2 Å². The fourth-order valence-corrected chi connectivity index (χ4v) is 3.77. The molecule has 304 valence electrons. The van der Waals surface area contributed by atoms with Gasteiger partial charge in [0.05, 0.1) is 52.9 Å². The van der Waals surface area contributed by atoms with Crippen LogP contribution in [0.15, 0.2) is 0 Å². The van der Waals surface area contributed by atoms with Crippen LogP contribution in [0.1, 0.15) is 56.4 Å². The van der Waals surface area contributed by atoms with E-state index < -0.39 is 11.6 Å². The molecule has 2 fully saturated rings. The summed E-state index contributed by atoms with van der Waals surface area (Å²) in [6, 6.07) is 0. The average Bonchev–Trinajstić information content (AvgIpc) is 3.03. The molecule has 0 aromatic rings. The number of hydrogen-bond donors (Lipinski definition) is 2. The number of hydrogen-bond acceptors (Lipinski definition) is 13. The van der Waals surface area contributed by atoms with Gasteiger partial charge in [-0.25, -0.2) is 14.4 Å². The lowest BCUT2D eigenvalue weighted by Crippen LogP contribution is -2.52. The van der Waals surface area contributed by atoms with Gasteiger partial charge in [0.2, 0.25) is 5.91 Å². The second-order valence-corrected chi connectivity index (χ2v) is 12.8. The summed E-state index contributed by atoms with van der Waals surface area (Å²) in [6.07, 6.45) is -0.534. The Morgan fingerprint density at radius 2 is 0.902 bits per heavy atom. The van der Waals surface area contributed by atoms with Crippen molar-refractivity contribution in [2.75, 3.05) is 133 Å². The Hall–Kier alpha value is -2.80. The molecule has 0 aromatic carbocycles. The summed E-state index contributed by atoms with van der Waals surface area (Å²) in [6.45, 7) is 19.7. The van der Waals surface area contributed by atoms with E-state index in [1.807, 2.05) is 41.5 Å². The predicted molar refractivity (Wildman–Crippen MR) is 193 cm³/mol. The third kappa shape index (κ3) is 31.6. The molecule has 2 rings (SSSR count). The highest BCUT2D eigenvalue weighted by Gasteiger charge is 2.27. The van der Waals surface area contributed by atoms with E-state index in [1.165, 1.54) is 0 Å². The third-order valence-electron chi connectivity index (χ3n) is 6.11. The van der Waals surface area contributed by atoms with E-state index in [4.69, 9.17) is 43.0 Å². The van der Waals surface area contributed by atoms with Crippen LogP contribution in [0.4, 0.5) is 9.59 Å². The lowest BCUT2D eigenvalue weighted by Gasteiger charge is -2.35. The molecule has 0 aromatic heterocycles. The number of carboxylic acids is 1. The van der Waals surface area contributed by atoms with Crippen molar-refractivity contribution in [2.24, 2.45) is 0 Å². The van der Waals surface area contributed by atoms with Gasteiger partial charge in [-0.05, 0) is 41.5 Å². The van der Waals surface area contributed by atoms with Gasteiger partial charge in [-0.1, -0.05) is 14.9 Å². The van der Waals surface area contributed by atoms with Crippen LogP contribution in [0.25, 0.3) is 0 Å². The Kier molecular flexibility index (Phi) is 31.7. The van der Waals surface area contributed by atoms with Gasteiger partial charge in [0.25, 0.3) is 0 Å². The molecule has 0 saturated carbocycles. The summed E-state index contributed by atoms with van der Waals surface area (Å²) in [4.78, 5) is 50.5. The largest absolute Gasteiger partial charge is 0.480 e. The van der Waals surface area contributed by atoms with Crippen molar-refractivity contribution in [1.82, 2.24) is 20.0 Å². The molecule has 2 N–H and O–H groups in total. The molecule has 2 aliphatic rings. The predicted octanol–water partition coefficient (Wildman–Crippen LogP) is 2.59. The number of nitrogens with one attached hydrogen (secondary N) is 1. The van der Waals surface area contributed by atoms with Crippen molar-refractivity contribution in [1.29, 1.82) is 0 Å². The summed E-state index contributed by atoms with van der Waals surface area (Å²) < 4.78 is 40.4. The van der Waals surface area contributed by atoms with Crippen LogP contribution in [-0.2, 0) is 47.5 Å². The monoisotopic (exact) mass is 742 g/mol. The number of ether oxygens (including phenoxy) is 8. The minimum Gasteiger partial charge on any atom is -0.480 e. The molecule has 51 heavy (non-hydrogen) atoms. The minimum atomic E-state index is -0.966. The number of piperazine rings is 2. The molecule has 2 heterocycles. The van der Waals surface area contributed by atoms with Crippen molar-refractivity contribution < 1.29 is 62.2 Å². The van der Waals surface area contributed by atoms with Gasteiger partial charge in [-0.2, -0.15) is 0 Å². The van der Waals surface area contributed by atoms with Crippen molar-refractivity contribution in [3.8, 4) is 0 Å². The lowest BCUT2D eigenvalue weighted by molar-refractivity contribution is -0.142. The van der Waals surface area contributed by atoms with E-state index in [2.05, 4.69) is 5.32 Å². The van der Waals surface area contributed by atoms with Crippen LogP contribution in [-0.4, -0.2) is 188 Å². The second kappa shape index (κ2) is 30.8. The van der Waals surface area contributed by atoms with Crippen LogP contribution in [0.5, 0.6) is 0 Å². The number of carbonyl (C=O) groups is 4. The van der Waals surface area contributed by atoms with E-state index in [-0.39, 0.29) is 51.8 Å². The van der Waals surface area contributed by atoms with Gasteiger partial charge in [0.1, 0.15) is 24.4 Å². The van der Waals surface area contributed by atoms with E-state index in [0.29, 0.717) is 79.0 Å². The topological polar surface area (TPSA) is 184 Å². The number of nitrogens with zero attached hydrogens (tertiary/aromatic N) is 3. The molecular weight excluding hydrogens is 672 g/mol. The molecule has 0 aliphatic carbocycles. The molecule has 0 unspecified atom stereocenters. The molecule has 2 aliphatic heterocycles. The van der Waals surface area contributed by atoms with Gasteiger partial charge in [0.15, 0.2) is 0 Å². The van der Waals surface area contributed by atoms with E-state index >= 15 is 0 Å². The number of rotatable bonds is 16. The Bertz CT molecular complexity index is 900. The maximum absolute atomic E-state index is 12.0. The van der Waals surface area contributed by atoms with Crippen LogP contribution >= 0.6 is 0 Å². The number of methoxy groups -OCH3 is 2. The summed E-state index contributed by atoms with van der Waals surface area (Å²) in [5.41, 5.74) is -0.898. The fourth-order valence-electron chi connectivity index (χ4n) is 3.77. The van der Waals surface area contributed by atoms with E-state index in [0.717, 1.165) is 26.2 Å². The molecule has 17 heteroatoms. The number of amides is 3. The van der Waals surface area contributed by atoms with Gasteiger partial charge < -0.3 is 63.0 Å². The van der Waals surface area contributed by atoms with Gasteiger partial charge in [-0.15, -0.1) is 0 Å². The van der Waals surface area contributed by atoms with Crippen LogP contribution < -0.4 is 5.32 Å². The summed E-state index contributed by atoms with van der Waals surface area (Å²) in [7, 11) is 3.20. The first-order chi connectivity index (χ1) is 23.1. The summed E-state index contributed by atoms with van der Waals surface area (Å²) >= 11 is 0. The second-order valence-electron chi connectivity index (χ2n) is 12.8. The van der Waals surface area contributed by atoms with Gasteiger partial charge in [0, 0.05) is 66.6 Å². The Morgan fingerprint density at radius 3 is 1.29 bits per heavy atom. The quantitative estimate of drug-likeness (QED) is 0.220. The molecule has 17 nitrogen and oxygen atoms in total. The van der Waals surface area contributed by atoms with Crippen LogP contribution in [0, 0.1) is 0 Å². The van der Waals surface area contributed by atoms with Crippen molar-refractivity contribution >= 4 is 24.1 Å². The highest BCUT2D eigenvalue weighted by Crippen LogP contribution is 2.12. The number of aliphatic carboxylic acids is 1. The Morgan fingerprint density at radius 1 is 0.549 bits per heavy atom.